The molecule has 2 fully saturated rings. The van der Waals surface area contributed by atoms with Crippen LogP contribution < -0.4 is 5.32 Å². The number of likely N-dealkylation sites (tertiary alicyclic amines) is 2. The largest absolute Gasteiger partial charge is 0.508 e. The smallest absolute Gasteiger partial charge is 0.228 e. The summed E-state index contributed by atoms with van der Waals surface area (Å²) < 4.78 is 13.1. The first-order chi connectivity index (χ1) is 15.5. The van der Waals surface area contributed by atoms with Gasteiger partial charge in [0.05, 0.1) is 5.92 Å². The second-order valence-electron chi connectivity index (χ2n) is 8.81. The van der Waals surface area contributed by atoms with E-state index < -0.39 is 0 Å². The lowest BCUT2D eigenvalue weighted by atomic mass is 9.89. The minimum absolute atomic E-state index is 0.0106. The molecular formula is C25H30FN3O3. The topological polar surface area (TPSA) is 72.9 Å². The molecule has 0 saturated carbocycles. The van der Waals surface area contributed by atoms with Crippen LogP contribution in [0.25, 0.3) is 0 Å². The highest BCUT2D eigenvalue weighted by Crippen LogP contribution is 2.23. The molecule has 2 heterocycles. The highest BCUT2D eigenvalue weighted by Gasteiger charge is 2.30. The van der Waals surface area contributed by atoms with Gasteiger partial charge in [0.25, 0.3) is 0 Å². The zero-order valence-electron chi connectivity index (χ0n) is 18.2. The maximum absolute atomic E-state index is 13.1. The Kier molecular flexibility index (Phi) is 7.17. The molecule has 6 nitrogen and oxygen atoms in total. The number of aromatic hydroxyl groups is 1. The van der Waals surface area contributed by atoms with Gasteiger partial charge in [-0.25, -0.2) is 4.39 Å². The second-order valence-corrected chi connectivity index (χ2v) is 8.81. The summed E-state index contributed by atoms with van der Waals surface area (Å²) >= 11 is 0. The fourth-order valence-corrected chi connectivity index (χ4v) is 4.59. The van der Waals surface area contributed by atoms with Gasteiger partial charge in [-0.15, -0.1) is 0 Å². The van der Waals surface area contributed by atoms with Crippen LogP contribution in [0.5, 0.6) is 5.75 Å². The summed E-state index contributed by atoms with van der Waals surface area (Å²) in [7, 11) is 0. The van der Waals surface area contributed by atoms with Gasteiger partial charge in [-0.2, -0.15) is 0 Å². The third-order valence-electron chi connectivity index (χ3n) is 6.60. The SMILES string of the molecule is O=C(Nc1ccc(O)cc1)C1CCN(CCN2CCC(C(=O)c3ccc(F)cc3)CC2)C1. The summed E-state index contributed by atoms with van der Waals surface area (Å²) in [6.45, 7) is 5.28. The lowest BCUT2D eigenvalue weighted by molar-refractivity contribution is -0.119. The fourth-order valence-electron chi connectivity index (χ4n) is 4.59. The van der Waals surface area contributed by atoms with E-state index in [4.69, 9.17) is 0 Å². The number of benzene rings is 2. The maximum atomic E-state index is 13.1. The minimum Gasteiger partial charge on any atom is -0.508 e. The van der Waals surface area contributed by atoms with Crippen molar-refractivity contribution >= 4 is 17.4 Å². The van der Waals surface area contributed by atoms with Gasteiger partial charge in [0, 0.05) is 36.8 Å². The second kappa shape index (κ2) is 10.2. The highest BCUT2D eigenvalue weighted by atomic mass is 19.1. The van der Waals surface area contributed by atoms with Gasteiger partial charge in [0.1, 0.15) is 11.6 Å². The zero-order valence-corrected chi connectivity index (χ0v) is 18.2. The van der Waals surface area contributed by atoms with Gasteiger partial charge >= 0.3 is 0 Å². The van der Waals surface area contributed by atoms with Crippen LogP contribution in [0.1, 0.15) is 29.6 Å². The Morgan fingerprint density at radius 3 is 2.16 bits per heavy atom. The molecule has 2 saturated heterocycles. The van der Waals surface area contributed by atoms with Crippen molar-refractivity contribution in [3.63, 3.8) is 0 Å². The summed E-state index contributed by atoms with van der Waals surface area (Å²) in [5, 5.41) is 12.3. The Hall–Kier alpha value is -2.77. The van der Waals surface area contributed by atoms with Crippen LogP contribution in [0.2, 0.25) is 0 Å². The van der Waals surface area contributed by atoms with E-state index in [-0.39, 0.29) is 35.1 Å². The number of carbonyl (C=O) groups excluding carboxylic acids is 2. The van der Waals surface area contributed by atoms with E-state index in [1.807, 2.05) is 0 Å². The van der Waals surface area contributed by atoms with E-state index in [2.05, 4.69) is 15.1 Å². The van der Waals surface area contributed by atoms with Crippen LogP contribution in [0.3, 0.4) is 0 Å². The average molecular weight is 440 g/mol. The Balaban J connectivity index is 1.17. The lowest BCUT2D eigenvalue weighted by Crippen LogP contribution is -2.40. The van der Waals surface area contributed by atoms with Crippen LogP contribution >= 0.6 is 0 Å². The van der Waals surface area contributed by atoms with Crippen molar-refractivity contribution in [1.82, 2.24) is 9.80 Å². The summed E-state index contributed by atoms with van der Waals surface area (Å²) in [5.41, 5.74) is 1.29. The van der Waals surface area contributed by atoms with E-state index in [1.165, 1.54) is 12.1 Å². The summed E-state index contributed by atoms with van der Waals surface area (Å²) in [6, 6.07) is 12.4. The quantitative estimate of drug-likeness (QED) is 0.511. The van der Waals surface area contributed by atoms with Crippen LogP contribution in [0.15, 0.2) is 48.5 Å². The van der Waals surface area contributed by atoms with Crippen molar-refractivity contribution in [2.45, 2.75) is 19.3 Å². The van der Waals surface area contributed by atoms with Crippen molar-refractivity contribution in [1.29, 1.82) is 0 Å². The van der Waals surface area contributed by atoms with E-state index in [0.29, 0.717) is 11.3 Å². The van der Waals surface area contributed by atoms with Crippen molar-refractivity contribution in [3.05, 3.63) is 59.9 Å². The molecule has 4 rings (SSSR count). The van der Waals surface area contributed by atoms with Gasteiger partial charge < -0.3 is 20.2 Å². The number of phenolic OH excluding ortho intramolecular Hbond substituents is 1. The van der Waals surface area contributed by atoms with Crippen LogP contribution in [0, 0.1) is 17.7 Å². The van der Waals surface area contributed by atoms with Gasteiger partial charge in [-0.1, -0.05) is 0 Å². The van der Waals surface area contributed by atoms with Crippen molar-refractivity contribution in [2.75, 3.05) is 44.6 Å². The first-order valence-electron chi connectivity index (χ1n) is 11.3. The molecule has 2 aliphatic rings. The molecule has 0 radical (unpaired) electrons. The molecule has 32 heavy (non-hydrogen) atoms. The number of carbonyl (C=O) groups is 2. The van der Waals surface area contributed by atoms with Gasteiger partial charge in [-0.3, -0.25) is 9.59 Å². The van der Waals surface area contributed by atoms with Gasteiger partial charge in [-0.05, 0) is 87.4 Å². The fraction of sp³-hybridized carbons (Fsp3) is 0.440. The van der Waals surface area contributed by atoms with E-state index in [1.54, 1.807) is 36.4 Å². The Labute approximate surface area is 188 Å². The monoisotopic (exact) mass is 439 g/mol. The number of halogens is 1. The number of rotatable bonds is 7. The maximum Gasteiger partial charge on any atom is 0.228 e. The predicted molar refractivity (Wildman–Crippen MR) is 121 cm³/mol. The number of nitrogens with zero attached hydrogens (tertiary/aromatic N) is 2. The number of Topliss-reactive ketones (excluding diaryl/α,β-unsaturated/α-hetero) is 1. The van der Waals surface area contributed by atoms with Gasteiger partial charge in [0.15, 0.2) is 5.78 Å². The normalized spacial score (nSPS) is 20.3. The van der Waals surface area contributed by atoms with E-state index in [9.17, 15) is 19.1 Å². The van der Waals surface area contributed by atoms with Crippen molar-refractivity contribution in [3.8, 4) is 5.75 Å². The zero-order chi connectivity index (χ0) is 22.5. The first-order valence-corrected chi connectivity index (χ1v) is 11.3. The molecule has 1 amide bonds. The number of phenols is 1. The molecule has 2 aliphatic heterocycles. The molecular weight excluding hydrogens is 409 g/mol. The van der Waals surface area contributed by atoms with E-state index in [0.717, 1.165) is 58.5 Å². The molecule has 1 atom stereocenters. The first kappa shape index (κ1) is 22.4. The standard InChI is InChI=1S/C25H30FN3O3/c26-21-3-1-18(2-4-21)24(31)19-9-12-28(13-10-19)15-16-29-14-11-20(17-29)25(32)27-22-5-7-23(30)8-6-22/h1-8,19-20,30H,9-17H2,(H,27,32). The molecule has 2 N–H and O–H groups in total. The average Bonchev–Trinajstić information content (AvgIpc) is 3.29. The number of nitrogens with one attached hydrogen (secondary N) is 1. The van der Waals surface area contributed by atoms with Gasteiger partial charge in [0.2, 0.25) is 5.91 Å². The number of anilines is 1. The van der Waals surface area contributed by atoms with Crippen LogP contribution in [-0.4, -0.2) is 65.9 Å². The summed E-state index contributed by atoms with van der Waals surface area (Å²) in [5.74, 6) is -0.0124. The Morgan fingerprint density at radius 2 is 1.47 bits per heavy atom. The molecule has 2 aromatic rings. The number of amides is 1. The molecule has 2 aromatic carbocycles. The number of piperidine rings is 1. The van der Waals surface area contributed by atoms with Crippen LogP contribution in [-0.2, 0) is 4.79 Å². The number of ketones is 1. The number of hydrogen-bond donors (Lipinski definition) is 2. The van der Waals surface area contributed by atoms with E-state index >= 15 is 0 Å². The molecule has 1 unspecified atom stereocenters. The molecule has 0 aromatic heterocycles. The molecule has 0 spiro atoms. The third-order valence-corrected chi connectivity index (χ3v) is 6.60. The van der Waals surface area contributed by atoms with Crippen molar-refractivity contribution < 1.29 is 19.1 Å². The third kappa shape index (κ3) is 5.72. The molecule has 170 valence electrons. The lowest BCUT2D eigenvalue weighted by Gasteiger charge is -2.32. The minimum atomic E-state index is -0.321. The number of hydrogen-bond acceptors (Lipinski definition) is 5. The molecule has 0 aliphatic carbocycles. The summed E-state index contributed by atoms with van der Waals surface area (Å²) in [6.07, 6.45) is 2.50. The summed E-state index contributed by atoms with van der Waals surface area (Å²) in [4.78, 5) is 29.9. The van der Waals surface area contributed by atoms with Crippen molar-refractivity contribution in [2.24, 2.45) is 11.8 Å². The highest BCUT2D eigenvalue weighted by molar-refractivity contribution is 5.97. The molecule has 7 heteroatoms. The molecule has 0 bridgehead atoms. The predicted octanol–water partition coefficient (Wildman–Crippen LogP) is 3.39. The van der Waals surface area contributed by atoms with Crippen LogP contribution in [0.4, 0.5) is 10.1 Å². The Morgan fingerprint density at radius 1 is 0.875 bits per heavy atom. The Bertz CT molecular complexity index is 924.